The predicted molar refractivity (Wildman–Crippen MR) is 96.8 cm³/mol. The Morgan fingerprint density at radius 1 is 1.27 bits per heavy atom. The molecule has 2 aromatic rings. The van der Waals surface area contributed by atoms with Crippen LogP contribution >= 0.6 is 0 Å². The number of amides is 2. The second-order valence-electron chi connectivity index (χ2n) is 6.52. The minimum Gasteiger partial charge on any atom is -0.324 e. The second kappa shape index (κ2) is 8.55. The number of Topliss-reactive ketones (excluding diaryl/α,β-unsaturated/α-hetero) is 1. The van der Waals surface area contributed by atoms with E-state index < -0.39 is 0 Å². The predicted octanol–water partition coefficient (Wildman–Crippen LogP) is 2.60. The number of ketones is 1. The number of aryl methyl sites for hydroxylation is 1. The van der Waals surface area contributed by atoms with E-state index in [4.69, 9.17) is 0 Å². The number of nitrogens with zero attached hydrogens (tertiary/aromatic N) is 5. The molecule has 2 amide bonds. The van der Waals surface area contributed by atoms with E-state index >= 15 is 0 Å². The molecule has 1 fully saturated rings. The van der Waals surface area contributed by atoms with Gasteiger partial charge in [0, 0.05) is 31.1 Å². The van der Waals surface area contributed by atoms with Gasteiger partial charge >= 0.3 is 6.03 Å². The highest BCUT2D eigenvalue weighted by atomic mass is 16.2. The van der Waals surface area contributed by atoms with E-state index in [0.29, 0.717) is 31.1 Å². The Bertz CT molecular complexity index is 745. The Morgan fingerprint density at radius 2 is 2.08 bits per heavy atom. The van der Waals surface area contributed by atoms with Gasteiger partial charge in [-0.1, -0.05) is 48.8 Å². The number of carbonyl (C=O) groups excluding carboxylic acids is 2. The average Bonchev–Trinajstić information content (AvgIpc) is 3.13. The average molecular weight is 356 g/mol. The number of hydrogen-bond acceptors (Lipinski definition) is 5. The number of urea groups is 1. The monoisotopic (exact) mass is 356 g/mol. The first-order valence-corrected chi connectivity index (χ1v) is 9.10. The van der Waals surface area contributed by atoms with Crippen LogP contribution in [0.1, 0.15) is 43.0 Å². The number of aromatic nitrogens is 4. The fraction of sp³-hybridized carbons (Fsp3) is 0.500. The van der Waals surface area contributed by atoms with Crippen molar-refractivity contribution >= 4 is 17.8 Å². The van der Waals surface area contributed by atoms with Crippen LogP contribution in [0.2, 0.25) is 0 Å². The van der Waals surface area contributed by atoms with Gasteiger partial charge in [-0.15, -0.1) is 0 Å². The third-order valence-electron chi connectivity index (χ3n) is 4.61. The number of hydrogen-bond donors (Lipinski definition) is 1. The van der Waals surface area contributed by atoms with E-state index in [0.717, 1.165) is 25.7 Å². The first-order chi connectivity index (χ1) is 12.7. The molecule has 0 spiro atoms. The maximum Gasteiger partial charge on any atom is 0.324 e. The molecular weight excluding hydrogens is 332 g/mol. The molecule has 8 nitrogen and oxygen atoms in total. The van der Waals surface area contributed by atoms with Crippen LogP contribution in [0.15, 0.2) is 30.3 Å². The summed E-state index contributed by atoms with van der Waals surface area (Å²) in [4.78, 5) is 26.9. The topological polar surface area (TPSA) is 93.0 Å². The molecular formula is C18H24N6O2. The van der Waals surface area contributed by atoms with Crippen LogP contribution in [0.5, 0.6) is 0 Å². The van der Waals surface area contributed by atoms with Crippen molar-refractivity contribution in [1.82, 2.24) is 25.1 Å². The van der Waals surface area contributed by atoms with Gasteiger partial charge in [0.25, 0.3) is 5.95 Å². The fourth-order valence-corrected chi connectivity index (χ4v) is 3.14. The molecule has 0 bridgehead atoms. The Morgan fingerprint density at radius 3 is 2.85 bits per heavy atom. The number of carbonyl (C=O) groups is 2. The van der Waals surface area contributed by atoms with Crippen molar-refractivity contribution in [2.75, 3.05) is 18.4 Å². The normalized spacial score (nSPS) is 17.1. The molecule has 3 rings (SSSR count). The summed E-state index contributed by atoms with van der Waals surface area (Å²) in [6.07, 6.45) is 3.55. The quantitative estimate of drug-likeness (QED) is 0.803. The van der Waals surface area contributed by atoms with Crippen molar-refractivity contribution in [3.05, 3.63) is 35.9 Å². The lowest BCUT2D eigenvalue weighted by Crippen LogP contribution is -2.44. The number of benzene rings is 1. The number of likely N-dealkylation sites (tertiary alicyclic amines) is 1. The van der Waals surface area contributed by atoms with Gasteiger partial charge in [-0.3, -0.25) is 10.1 Å². The molecule has 1 aromatic carbocycles. The number of nitrogens with one attached hydrogen (secondary N) is 1. The van der Waals surface area contributed by atoms with E-state index in [1.165, 1.54) is 0 Å². The smallest absolute Gasteiger partial charge is 0.324 e. The Balaban J connectivity index is 1.61. The third kappa shape index (κ3) is 4.25. The number of anilines is 1. The van der Waals surface area contributed by atoms with Gasteiger partial charge in [-0.25, -0.2) is 9.48 Å². The lowest BCUT2D eigenvalue weighted by atomic mass is 9.90. The summed E-state index contributed by atoms with van der Waals surface area (Å²) in [6.45, 7) is 3.78. The maximum absolute atomic E-state index is 12.7. The zero-order chi connectivity index (χ0) is 18.4. The van der Waals surface area contributed by atoms with Gasteiger partial charge in [0.1, 0.15) is 0 Å². The van der Waals surface area contributed by atoms with Crippen molar-refractivity contribution < 1.29 is 9.59 Å². The van der Waals surface area contributed by atoms with Crippen LogP contribution in [-0.2, 0) is 6.54 Å². The molecule has 138 valence electrons. The van der Waals surface area contributed by atoms with Crippen LogP contribution in [-0.4, -0.2) is 50.0 Å². The van der Waals surface area contributed by atoms with Crippen LogP contribution in [0.3, 0.4) is 0 Å². The summed E-state index contributed by atoms with van der Waals surface area (Å²) < 4.78 is 1.60. The highest BCUT2D eigenvalue weighted by Crippen LogP contribution is 2.21. The van der Waals surface area contributed by atoms with E-state index in [2.05, 4.69) is 27.8 Å². The van der Waals surface area contributed by atoms with Gasteiger partial charge in [-0.05, 0) is 29.7 Å². The molecule has 0 aliphatic carbocycles. The lowest BCUT2D eigenvalue weighted by Gasteiger charge is -2.31. The zero-order valence-corrected chi connectivity index (χ0v) is 15.0. The molecule has 1 aliphatic heterocycles. The minimum absolute atomic E-state index is 0.0934. The van der Waals surface area contributed by atoms with Gasteiger partial charge < -0.3 is 4.90 Å². The molecule has 1 aromatic heterocycles. The molecule has 1 N–H and O–H groups in total. The molecule has 0 unspecified atom stereocenters. The minimum atomic E-state index is -0.261. The number of piperidine rings is 1. The van der Waals surface area contributed by atoms with Crippen molar-refractivity contribution in [2.24, 2.45) is 5.92 Å². The van der Waals surface area contributed by atoms with Crippen LogP contribution in [0.4, 0.5) is 10.7 Å². The van der Waals surface area contributed by atoms with Crippen LogP contribution in [0, 0.1) is 5.92 Å². The Kier molecular flexibility index (Phi) is 5.93. The number of tetrazole rings is 1. The van der Waals surface area contributed by atoms with Crippen molar-refractivity contribution in [2.45, 2.75) is 39.2 Å². The largest absolute Gasteiger partial charge is 0.324 e. The molecule has 0 radical (unpaired) electrons. The van der Waals surface area contributed by atoms with Crippen molar-refractivity contribution in [1.29, 1.82) is 0 Å². The highest BCUT2D eigenvalue weighted by Gasteiger charge is 2.29. The molecule has 2 heterocycles. The zero-order valence-electron chi connectivity index (χ0n) is 15.0. The second-order valence-corrected chi connectivity index (χ2v) is 6.52. The summed E-state index contributed by atoms with van der Waals surface area (Å²) in [5.41, 5.74) is 0.697. The van der Waals surface area contributed by atoms with Crippen molar-refractivity contribution in [3.63, 3.8) is 0 Å². The standard InChI is InChI=1S/C18H24N6O2/c1-2-3-12-24-17(20-21-22-24)19-18(26)23-11-7-10-15(13-23)16(25)14-8-5-4-6-9-14/h4-6,8-9,15H,2-3,7,10-13H2,1H3,(H,19,20,22,26)/t15-/m1/s1. The van der Waals surface area contributed by atoms with Gasteiger partial charge in [0.15, 0.2) is 5.78 Å². The molecule has 0 saturated carbocycles. The van der Waals surface area contributed by atoms with Crippen LogP contribution in [0.25, 0.3) is 0 Å². The van der Waals surface area contributed by atoms with Gasteiger partial charge in [0.05, 0.1) is 0 Å². The van der Waals surface area contributed by atoms with Gasteiger partial charge in [-0.2, -0.15) is 0 Å². The third-order valence-corrected chi connectivity index (χ3v) is 4.61. The Labute approximate surface area is 152 Å². The van der Waals surface area contributed by atoms with E-state index in [1.807, 2.05) is 30.3 Å². The number of unbranched alkanes of at least 4 members (excludes halogenated alkanes) is 1. The number of rotatable bonds is 6. The SMILES string of the molecule is CCCCn1nnnc1NC(=O)N1CCC[C@@H](C(=O)c2ccccc2)C1. The van der Waals surface area contributed by atoms with Crippen LogP contribution < -0.4 is 5.32 Å². The summed E-state index contributed by atoms with van der Waals surface area (Å²) in [5, 5.41) is 14.2. The van der Waals surface area contributed by atoms with E-state index in [1.54, 1.807) is 9.58 Å². The van der Waals surface area contributed by atoms with E-state index in [9.17, 15) is 9.59 Å². The Hall–Kier alpha value is -2.77. The van der Waals surface area contributed by atoms with Crippen molar-refractivity contribution in [3.8, 4) is 0 Å². The first-order valence-electron chi connectivity index (χ1n) is 9.10. The lowest BCUT2D eigenvalue weighted by molar-refractivity contribution is 0.0851. The molecule has 1 saturated heterocycles. The maximum atomic E-state index is 12.7. The molecule has 26 heavy (non-hydrogen) atoms. The summed E-state index contributed by atoms with van der Waals surface area (Å²) in [5.74, 6) is 0.267. The molecule has 1 aliphatic rings. The molecule has 8 heteroatoms. The van der Waals surface area contributed by atoms with E-state index in [-0.39, 0.29) is 17.7 Å². The fourth-order valence-electron chi connectivity index (χ4n) is 3.14. The van der Waals surface area contributed by atoms with Gasteiger partial charge in [0.2, 0.25) is 0 Å². The summed E-state index contributed by atoms with van der Waals surface area (Å²) in [6, 6.07) is 8.99. The first kappa shape index (κ1) is 18.0. The highest BCUT2D eigenvalue weighted by molar-refractivity contribution is 5.98. The summed E-state index contributed by atoms with van der Waals surface area (Å²) >= 11 is 0. The molecule has 1 atom stereocenters. The summed E-state index contributed by atoms with van der Waals surface area (Å²) in [7, 11) is 0.